The Morgan fingerprint density at radius 3 is 2.38 bits per heavy atom. The summed E-state index contributed by atoms with van der Waals surface area (Å²) in [6.45, 7) is 15.7. The highest BCUT2D eigenvalue weighted by Gasteiger charge is 2.48. The number of carbonyl (C=O) groups excluding carboxylic acids is 4. The first-order valence-corrected chi connectivity index (χ1v) is 16.2. The maximum absolute atomic E-state index is 14.1. The number of carbonyl (C=O) groups is 4. The van der Waals surface area contributed by atoms with Crippen molar-refractivity contribution in [2.75, 3.05) is 13.7 Å². The number of allylic oxidation sites excluding steroid dienone is 2. The standard InChI is InChI=1S/C38H40N4O6/c1-8-13-48-31(44)12-11-23-19(5)26-14-25-18(4)21(9-2)28(39-25)16-30-24(17-43)22(10-3)29(40-30)15-27-20(6)32-36(42-27)33(35(23)41-26)34(37(32)45)38(46)47-7/h8-9,14-17,19,23,34,39-42H,1-2,10-13H2,3-7H3/b26-14-,29-15-,30-16-,35-33-/t19-,23-,34+/m0/s1. The summed E-state index contributed by atoms with van der Waals surface area (Å²) in [5.41, 5.74) is 9.26. The van der Waals surface area contributed by atoms with E-state index in [1.807, 2.05) is 39.0 Å². The molecular formula is C38H40N4O6. The van der Waals surface area contributed by atoms with Gasteiger partial charge in [-0.2, -0.15) is 0 Å². The SMILES string of the molecule is C=CCOC(=O)CC[C@@H]1/C2=C3/c4[nH]c(c(C)c4C(=O)[C@@H]3C(=O)OC)/C=c3\[nH]/c(c(C=O)c3CC)=C\c3[nH]c(c(C)c3C=C)/C=C(\N2)[C@H]1C. The molecule has 1 saturated heterocycles. The highest BCUT2D eigenvalue weighted by Crippen LogP contribution is 2.48. The molecular weight excluding hydrogens is 608 g/mol. The van der Waals surface area contributed by atoms with Gasteiger partial charge in [-0.25, -0.2) is 0 Å². The van der Waals surface area contributed by atoms with E-state index in [-0.39, 0.29) is 36.6 Å². The van der Waals surface area contributed by atoms with Crippen molar-refractivity contribution in [3.63, 3.8) is 0 Å². The number of hydrogen-bond acceptors (Lipinski definition) is 7. The Kier molecular flexibility index (Phi) is 8.59. The topological polar surface area (TPSA) is 146 Å². The van der Waals surface area contributed by atoms with Gasteiger partial charge >= 0.3 is 11.9 Å². The number of ketones is 1. The largest absolute Gasteiger partial charge is 0.468 e. The number of esters is 2. The fourth-order valence-corrected chi connectivity index (χ4v) is 7.44. The van der Waals surface area contributed by atoms with Crippen molar-refractivity contribution in [2.45, 2.75) is 47.0 Å². The number of aromatic nitrogens is 3. The van der Waals surface area contributed by atoms with Gasteiger partial charge in [0, 0.05) is 74.3 Å². The van der Waals surface area contributed by atoms with Gasteiger partial charge in [-0.3, -0.25) is 19.2 Å². The third-order valence-corrected chi connectivity index (χ3v) is 9.98. The van der Waals surface area contributed by atoms with E-state index in [0.29, 0.717) is 57.5 Å². The molecule has 3 aromatic heterocycles. The molecule has 5 heterocycles. The van der Waals surface area contributed by atoms with Crippen LogP contribution in [-0.2, 0) is 25.5 Å². The van der Waals surface area contributed by atoms with Gasteiger partial charge in [-0.15, -0.1) is 0 Å². The van der Waals surface area contributed by atoms with Crippen molar-refractivity contribution in [3.8, 4) is 0 Å². The highest BCUT2D eigenvalue weighted by molar-refractivity contribution is 6.24. The summed E-state index contributed by atoms with van der Waals surface area (Å²) >= 11 is 0. The quantitative estimate of drug-likeness (QED) is 0.117. The lowest BCUT2D eigenvalue weighted by Gasteiger charge is -2.19. The van der Waals surface area contributed by atoms with E-state index in [4.69, 9.17) is 9.47 Å². The average molecular weight is 649 g/mol. The molecule has 6 rings (SSSR count). The Labute approximate surface area is 278 Å². The zero-order valence-corrected chi connectivity index (χ0v) is 27.9. The van der Waals surface area contributed by atoms with Gasteiger partial charge in [-0.05, 0) is 61.6 Å². The van der Waals surface area contributed by atoms with Gasteiger partial charge in [-0.1, -0.05) is 39.2 Å². The number of methoxy groups -OCH3 is 1. The van der Waals surface area contributed by atoms with E-state index >= 15 is 0 Å². The minimum Gasteiger partial charge on any atom is -0.468 e. The molecule has 0 aromatic carbocycles. The molecule has 0 radical (unpaired) electrons. The Bertz CT molecular complexity index is 2100. The van der Waals surface area contributed by atoms with Crippen LogP contribution in [-0.4, -0.2) is 52.7 Å². The molecule has 3 aliphatic rings. The lowest BCUT2D eigenvalue weighted by molar-refractivity contribution is -0.143. The fraction of sp³-hybridized carbons (Fsp3) is 0.316. The summed E-state index contributed by atoms with van der Waals surface area (Å²) in [6.07, 6.45) is 11.2. The smallest absolute Gasteiger partial charge is 0.321 e. The van der Waals surface area contributed by atoms with Gasteiger partial charge in [0.25, 0.3) is 0 Å². The molecule has 3 atom stereocenters. The number of H-pyrrole nitrogens is 3. The van der Waals surface area contributed by atoms with Crippen molar-refractivity contribution < 1.29 is 28.7 Å². The molecule has 10 nitrogen and oxygen atoms in total. The van der Waals surface area contributed by atoms with Crippen LogP contribution < -0.4 is 16.0 Å². The van der Waals surface area contributed by atoms with Gasteiger partial charge in [0.05, 0.1) is 18.2 Å². The molecule has 0 unspecified atom stereocenters. The lowest BCUT2D eigenvalue weighted by atomic mass is 9.85. The van der Waals surface area contributed by atoms with Crippen LogP contribution in [0.2, 0.25) is 0 Å². The second kappa shape index (κ2) is 12.7. The third-order valence-electron chi connectivity index (χ3n) is 9.98. The molecule has 0 spiro atoms. The van der Waals surface area contributed by atoms with Crippen LogP contribution in [0, 0.1) is 31.6 Å². The summed E-state index contributed by atoms with van der Waals surface area (Å²) in [5.74, 6) is -2.93. The van der Waals surface area contributed by atoms with Gasteiger partial charge < -0.3 is 29.7 Å². The number of Topliss-reactive ketones (excluding diaryl/α,β-unsaturated/α-hetero) is 1. The number of hydrogen-bond donors (Lipinski definition) is 4. The second-order valence-corrected chi connectivity index (χ2v) is 12.5. The van der Waals surface area contributed by atoms with Crippen LogP contribution >= 0.6 is 0 Å². The maximum Gasteiger partial charge on any atom is 0.321 e. The van der Waals surface area contributed by atoms with Crippen LogP contribution in [0.25, 0.3) is 29.9 Å². The minimum absolute atomic E-state index is 0.118. The van der Waals surface area contributed by atoms with Crippen LogP contribution in [0.5, 0.6) is 0 Å². The first-order valence-electron chi connectivity index (χ1n) is 16.2. The van der Waals surface area contributed by atoms with E-state index in [1.165, 1.54) is 13.2 Å². The van der Waals surface area contributed by atoms with Gasteiger partial charge in [0.2, 0.25) is 0 Å². The number of fused-ring (bicyclic) bond motifs is 7. The molecule has 48 heavy (non-hydrogen) atoms. The summed E-state index contributed by atoms with van der Waals surface area (Å²) in [4.78, 5) is 63.1. The third kappa shape index (κ3) is 5.12. The van der Waals surface area contributed by atoms with Gasteiger partial charge in [0.1, 0.15) is 12.5 Å². The summed E-state index contributed by atoms with van der Waals surface area (Å²) in [7, 11) is 1.28. The van der Waals surface area contributed by atoms with Crippen molar-refractivity contribution in [1.82, 2.24) is 20.3 Å². The minimum atomic E-state index is -1.18. The van der Waals surface area contributed by atoms with E-state index in [1.54, 1.807) is 6.08 Å². The van der Waals surface area contributed by atoms with Crippen LogP contribution in [0.4, 0.5) is 0 Å². The molecule has 10 heteroatoms. The highest BCUT2D eigenvalue weighted by atomic mass is 16.5. The monoisotopic (exact) mass is 648 g/mol. The Morgan fingerprint density at radius 2 is 1.71 bits per heavy atom. The van der Waals surface area contributed by atoms with Crippen LogP contribution in [0.15, 0.2) is 30.6 Å². The normalized spacial score (nSPS) is 23.2. The molecule has 4 N–H and O–H groups in total. The van der Waals surface area contributed by atoms with Crippen molar-refractivity contribution in [1.29, 1.82) is 0 Å². The van der Waals surface area contributed by atoms with Gasteiger partial charge in [0.15, 0.2) is 12.1 Å². The summed E-state index contributed by atoms with van der Waals surface area (Å²) in [6, 6.07) is 0. The predicted octanol–water partition coefficient (Wildman–Crippen LogP) is 4.38. The number of ether oxygens (including phenoxy) is 2. The predicted molar refractivity (Wildman–Crippen MR) is 184 cm³/mol. The molecule has 248 valence electrons. The Hall–Kier alpha value is -5.38. The van der Waals surface area contributed by atoms with Crippen molar-refractivity contribution in [3.05, 3.63) is 97.5 Å². The number of aldehydes is 1. The molecule has 1 aliphatic carbocycles. The van der Waals surface area contributed by atoms with E-state index < -0.39 is 11.9 Å². The lowest BCUT2D eigenvalue weighted by Crippen LogP contribution is -2.25. The van der Waals surface area contributed by atoms with Crippen LogP contribution in [0.1, 0.15) is 92.4 Å². The van der Waals surface area contributed by atoms with E-state index in [2.05, 4.69) is 40.4 Å². The van der Waals surface area contributed by atoms with E-state index in [0.717, 1.165) is 45.4 Å². The molecule has 0 amide bonds. The number of aromatic amines is 3. The molecule has 2 aliphatic heterocycles. The maximum atomic E-state index is 14.1. The van der Waals surface area contributed by atoms with Crippen molar-refractivity contribution in [2.24, 2.45) is 17.8 Å². The Balaban J connectivity index is 1.68. The number of rotatable bonds is 9. The molecule has 3 aromatic rings. The first-order chi connectivity index (χ1) is 23.1. The molecule has 0 saturated carbocycles. The zero-order valence-electron chi connectivity index (χ0n) is 27.9. The fourth-order valence-electron chi connectivity index (χ4n) is 7.44. The Morgan fingerprint density at radius 1 is 0.979 bits per heavy atom. The number of nitrogens with one attached hydrogen (secondary N) is 4. The second-order valence-electron chi connectivity index (χ2n) is 12.5. The van der Waals surface area contributed by atoms with E-state index in [9.17, 15) is 19.2 Å². The zero-order chi connectivity index (χ0) is 34.4. The summed E-state index contributed by atoms with van der Waals surface area (Å²) < 4.78 is 10.5. The molecule has 8 bridgehead atoms. The van der Waals surface area contributed by atoms with Crippen LogP contribution in [0.3, 0.4) is 0 Å². The average Bonchev–Trinajstić information content (AvgIpc) is 3.82. The van der Waals surface area contributed by atoms with Crippen molar-refractivity contribution >= 4 is 53.9 Å². The molecule has 1 fully saturated rings. The summed E-state index contributed by atoms with van der Waals surface area (Å²) in [5, 5.41) is 4.99. The first kappa shape index (κ1) is 32.6.